The van der Waals surface area contributed by atoms with E-state index < -0.39 is 22.7 Å². The quantitative estimate of drug-likeness (QED) is 0.862. The number of carbonyl (C=O) groups is 2. The van der Waals surface area contributed by atoms with Crippen LogP contribution in [0.1, 0.15) is 15.9 Å². The second kappa shape index (κ2) is 5.32. The fourth-order valence-electron chi connectivity index (χ4n) is 1.87. The lowest BCUT2D eigenvalue weighted by Crippen LogP contribution is -2.50. The summed E-state index contributed by atoms with van der Waals surface area (Å²) in [4.78, 5) is 24.5. The minimum atomic E-state index is -4.63. The van der Waals surface area contributed by atoms with Gasteiger partial charge in [0.15, 0.2) is 0 Å². The number of piperazine rings is 1. The fraction of sp³-hybridized carbons (Fsp3) is 0.333. The smallest absolute Gasteiger partial charge is 0.353 e. The fourth-order valence-corrected chi connectivity index (χ4v) is 2.09. The summed E-state index contributed by atoms with van der Waals surface area (Å²) in [5.74, 6) is -0.961. The molecule has 1 N–H and O–H groups in total. The van der Waals surface area contributed by atoms with Gasteiger partial charge >= 0.3 is 6.18 Å². The van der Waals surface area contributed by atoms with E-state index in [1.165, 1.54) is 11.0 Å². The first kappa shape index (κ1) is 14.6. The zero-order valence-corrected chi connectivity index (χ0v) is 10.9. The van der Waals surface area contributed by atoms with Crippen molar-refractivity contribution in [1.82, 2.24) is 10.2 Å². The molecule has 1 aliphatic rings. The first-order valence-electron chi connectivity index (χ1n) is 5.72. The number of amides is 2. The molecule has 0 radical (unpaired) electrons. The Balaban J connectivity index is 2.29. The molecule has 8 heteroatoms. The van der Waals surface area contributed by atoms with Gasteiger partial charge in [-0.1, -0.05) is 11.6 Å². The summed E-state index contributed by atoms with van der Waals surface area (Å²) in [6, 6.07) is 2.95. The van der Waals surface area contributed by atoms with Gasteiger partial charge in [-0.25, -0.2) is 0 Å². The Morgan fingerprint density at radius 2 is 2.05 bits per heavy atom. The highest BCUT2D eigenvalue weighted by Crippen LogP contribution is 2.35. The van der Waals surface area contributed by atoms with Crippen LogP contribution in [0.4, 0.5) is 13.2 Å². The van der Waals surface area contributed by atoms with E-state index in [0.29, 0.717) is 6.07 Å². The maximum Gasteiger partial charge on any atom is 0.417 e. The summed E-state index contributed by atoms with van der Waals surface area (Å²) >= 11 is 5.49. The number of rotatable bonds is 1. The van der Waals surface area contributed by atoms with Crippen LogP contribution < -0.4 is 5.32 Å². The summed E-state index contributed by atoms with van der Waals surface area (Å²) in [5.41, 5.74) is -1.21. The van der Waals surface area contributed by atoms with E-state index in [4.69, 9.17) is 11.6 Å². The Labute approximate surface area is 117 Å². The van der Waals surface area contributed by atoms with E-state index in [1.807, 2.05) is 0 Å². The topological polar surface area (TPSA) is 49.4 Å². The molecule has 0 spiro atoms. The third-order valence-corrected chi connectivity index (χ3v) is 3.17. The molecule has 4 nitrogen and oxygen atoms in total. The average Bonchev–Trinajstić information content (AvgIpc) is 2.37. The van der Waals surface area contributed by atoms with E-state index >= 15 is 0 Å². The standard InChI is InChI=1S/C12H10ClF3N2O2/c13-9-2-1-7(5-8(9)12(14,15)16)11(20)18-4-3-17-10(19)6-18/h1-2,5H,3-4,6H2,(H,17,19). The van der Waals surface area contributed by atoms with Crippen molar-refractivity contribution >= 4 is 23.4 Å². The van der Waals surface area contributed by atoms with Gasteiger partial charge in [-0.05, 0) is 18.2 Å². The third kappa shape index (κ3) is 3.04. The maximum absolute atomic E-state index is 12.7. The molecule has 0 unspecified atom stereocenters. The normalized spacial score (nSPS) is 16.0. The van der Waals surface area contributed by atoms with E-state index in [1.54, 1.807) is 0 Å². The third-order valence-electron chi connectivity index (χ3n) is 2.84. The summed E-state index contributed by atoms with van der Waals surface area (Å²) in [6.45, 7) is 0.377. The predicted octanol–water partition coefficient (Wildman–Crippen LogP) is 1.93. The van der Waals surface area contributed by atoms with Gasteiger partial charge in [0.1, 0.15) is 0 Å². The SMILES string of the molecule is O=C1CN(C(=O)c2ccc(Cl)c(C(F)(F)F)c2)CCN1. The molecule has 2 rings (SSSR count). The van der Waals surface area contributed by atoms with Crippen LogP contribution >= 0.6 is 11.6 Å². The highest BCUT2D eigenvalue weighted by Gasteiger charge is 2.34. The van der Waals surface area contributed by atoms with Crippen molar-refractivity contribution < 1.29 is 22.8 Å². The lowest BCUT2D eigenvalue weighted by Gasteiger charge is -2.27. The van der Waals surface area contributed by atoms with E-state index in [0.717, 1.165) is 6.07 Å². The highest BCUT2D eigenvalue weighted by molar-refractivity contribution is 6.31. The Kier molecular flexibility index (Phi) is 3.89. The lowest BCUT2D eigenvalue weighted by atomic mass is 10.1. The Morgan fingerprint density at radius 1 is 1.35 bits per heavy atom. The second-order valence-electron chi connectivity index (χ2n) is 4.27. The number of benzene rings is 1. The Bertz CT molecular complexity index is 560. The molecule has 0 bridgehead atoms. The summed E-state index contributed by atoms with van der Waals surface area (Å²) in [5, 5.41) is 2.06. The van der Waals surface area contributed by atoms with Gasteiger partial charge in [0, 0.05) is 18.7 Å². The van der Waals surface area contributed by atoms with Crippen LogP contribution in [-0.4, -0.2) is 36.3 Å². The summed E-state index contributed by atoms with van der Waals surface area (Å²) in [6.07, 6.45) is -4.63. The number of nitrogens with zero attached hydrogens (tertiary/aromatic N) is 1. The van der Waals surface area contributed by atoms with E-state index in [9.17, 15) is 22.8 Å². The van der Waals surface area contributed by atoms with Crippen LogP contribution in [0.5, 0.6) is 0 Å². The van der Waals surface area contributed by atoms with Crippen LogP contribution in [0, 0.1) is 0 Å². The molecule has 1 fully saturated rings. The monoisotopic (exact) mass is 306 g/mol. The minimum absolute atomic E-state index is 0.142. The molecule has 108 valence electrons. The molecule has 0 atom stereocenters. The number of alkyl halides is 3. The minimum Gasteiger partial charge on any atom is -0.353 e. The molecule has 1 aliphatic heterocycles. The van der Waals surface area contributed by atoms with Crippen LogP contribution in [0.2, 0.25) is 5.02 Å². The molecule has 1 aromatic carbocycles. The molecule has 0 saturated carbocycles. The van der Waals surface area contributed by atoms with Gasteiger partial charge in [-0.2, -0.15) is 13.2 Å². The van der Waals surface area contributed by atoms with Crippen molar-refractivity contribution in [1.29, 1.82) is 0 Å². The van der Waals surface area contributed by atoms with Crippen LogP contribution in [-0.2, 0) is 11.0 Å². The molecule has 2 amide bonds. The first-order valence-corrected chi connectivity index (χ1v) is 6.09. The Hall–Kier alpha value is -1.76. The van der Waals surface area contributed by atoms with Crippen LogP contribution in [0.15, 0.2) is 18.2 Å². The molecule has 0 aromatic heterocycles. The number of carbonyl (C=O) groups excluding carboxylic acids is 2. The number of hydrogen-bond acceptors (Lipinski definition) is 2. The van der Waals surface area contributed by atoms with Gasteiger partial charge in [0.25, 0.3) is 5.91 Å². The lowest BCUT2D eigenvalue weighted by molar-refractivity contribution is -0.137. The molecule has 20 heavy (non-hydrogen) atoms. The van der Waals surface area contributed by atoms with Crippen molar-refractivity contribution in [3.8, 4) is 0 Å². The van der Waals surface area contributed by atoms with E-state index in [2.05, 4.69) is 5.32 Å². The highest BCUT2D eigenvalue weighted by atomic mass is 35.5. The van der Waals surface area contributed by atoms with Crippen molar-refractivity contribution in [3.63, 3.8) is 0 Å². The van der Waals surface area contributed by atoms with Gasteiger partial charge in [0.2, 0.25) is 5.91 Å². The second-order valence-corrected chi connectivity index (χ2v) is 4.68. The van der Waals surface area contributed by atoms with Crippen molar-refractivity contribution in [2.45, 2.75) is 6.18 Å². The van der Waals surface area contributed by atoms with Gasteiger partial charge < -0.3 is 10.2 Å². The zero-order valence-electron chi connectivity index (χ0n) is 10.1. The molecular weight excluding hydrogens is 297 g/mol. The molecule has 0 aliphatic carbocycles. The molecular formula is C12H10ClF3N2O2. The predicted molar refractivity (Wildman–Crippen MR) is 65.4 cm³/mol. The zero-order chi connectivity index (χ0) is 14.9. The molecule has 1 heterocycles. The van der Waals surface area contributed by atoms with Gasteiger partial charge in [0.05, 0.1) is 17.1 Å². The number of halogens is 4. The van der Waals surface area contributed by atoms with Crippen molar-refractivity contribution in [2.75, 3.05) is 19.6 Å². The Morgan fingerprint density at radius 3 is 2.65 bits per heavy atom. The summed E-state index contributed by atoms with van der Waals surface area (Å²) in [7, 11) is 0. The van der Waals surface area contributed by atoms with Gasteiger partial charge in [-0.15, -0.1) is 0 Å². The van der Waals surface area contributed by atoms with E-state index in [-0.39, 0.29) is 31.1 Å². The number of nitrogens with one attached hydrogen (secondary N) is 1. The largest absolute Gasteiger partial charge is 0.417 e. The maximum atomic E-state index is 12.7. The van der Waals surface area contributed by atoms with Gasteiger partial charge in [-0.3, -0.25) is 9.59 Å². The van der Waals surface area contributed by atoms with Crippen molar-refractivity contribution in [3.05, 3.63) is 34.3 Å². The first-order chi connectivity index (χ1) is 9.29. The molecule has 1 aromatic rings. The summed E-state index contributed by atoms with van der Waals surface area (Å²) < 4.78 is 38.2. The molecule has 1 saturated heterocycles. The van der Waals surface area contributed by atoms with Crippen LogP contribution in [0.25, 0.3) is 0 Å². The number of hydrogen-bond donors (Lipinski definition) is 1. The average molecular weight is 307 g/mol. The van der Waals surface area contributed by atoms with Crippen LogP contribution in [0.3, 0.4) is 0 Å². The van der Waals surface area contributed by atoms with Crippen molar-refractivity contribution in [2.24, 2.45) is 0 Å².